The molecule has 0 aromatic heterocycles. The molecule has 42 heavy (non-hydrogen) atoms. The fourth-order valence-electron chi connectivity index (χ4n) is 7.68. The van der Waals surface area contributed by atoms with E-state index < -0.39 is 33.4 Å². The summed E-state index contributed by atoms with van der Waals surface area (Å²) in [6.07, 6.45) is 6.09. The fraction of sp³-hybridized carbons (Fsp3) is 0.606. The second kappa shape index (κ2) is 12.7. The monoisotopic (exact) mass is 615 g/mol. The first-order chi connectivity index (χ1) is 19.9. The van der Waals surface area contributed by atoms with Crippen molar-refractivity contribution in [2.24, 2.45) is 17.8 Å². The Balaban J connectivity index is 1.89. The molecule has 230 valence electrons. The summed E-state index contributed by atoms with van der Waals surface area (Å²) >= 11 is 8.34. The number of carbonyl (C=O) groups excluding carboxylic acids is 3. The van der Waals surface area contributed by atoms with Crippen LogP contribution in [-0.4, -0.2) is 80.4 Å². The molecule has 2 unspecified atom stereocenters. The number of fused-ring (bicyclic) bond motifs is 1. The number of para-hydroxylation sites is 1. The second-order valence-electron chi connectivity index (χ2n) is 12.7. The molecule has 1 spiro atoms. The topological polar surface area (TPSA) is 81.2 Å². The van der Waals surface area contributed by atoms with Crippen LogP contribution < -0.4 is 4.90 Å². The van der Waals surface area contributed by atoms with Crippen molar-refractivity contribution < 1.29 is 19.5 Å². The predicted octanol–water partition coefficient (Wildman–Crippen LogP) is 5.48. The number of hydrogen-bond acceptors (Lipinski definition) is 5. The molecule has 0 saturated carbocycles. The minimum atomic E-state index is -0.856. The summed E-state index contributed by atoms with van der Waals surface area (Å²) in [6, 6.07) is 4.11. The number of aryl methyl sites for hydroxylation is 1. The molecule has 1 aromatic rings. The lowest BCUT2D eigenvalue weighted by Gasteiger charge is -2.40. The maximum absolute atomic E-state index is 15.0. The molecule has 3 aliphatic rings. The molecule has 3 amide bonds. The van der Waals surface area contributed by atoms with Gasteiger partial charge in [0.1, 0.15) is 6.04 Å². The third-order valence-corrected chi connectivity index (χ3v) is 11.5. The van der Waals surface area contributed by atoms with E-state index in [4.69, 9.17) is 11.6 Å². The molecule has 3 aliphatic heterocycles. The van der Waals surface area contributed by atoms with Gasteiger partial charge in [-0.1, -0.05) is 56.7 Å². The van der Waals surface area contributed by atoms with E-state index in [0.29, 0.717) is 36.6 Å². The summed E-state index contributed by atoms with van der Waals surface area (Å²) in [6.45, 7) is 18.8. The van der Waals surface area contributed by atoms with Gasteiger partial charge in [0.05, 0.1) is 39.9 Å². The lowest BCUT2D eigenvalue weighted by molar-refractivity contribution is -0.146. The van der Waals surface area contributed by atoms with Gasteiger partial charge >= 0.3 is 0 Å². The zero-order chi connectivity index (χ0) is 31.0. The van der Waals surface area contributed by atoms with Crippen molar-refractivity contribution in [3.63, 3.8) is 0 Å². The molecule has 3 heterocycles. The molecular weight excluding hydrogens is 570 g/mol. The van der Waals surface area contributed by atoms with E-state index in [-0.39, 0.29) is 36.8 Å². The first-order valence-corrected chi connectivity index (χ1v) is 16.3. The predicted molar refractivity (Wildman–Crippen MR) is 172 cm³/mol. The number of aliphatic hydroxyl groups excluding tert-OH is 1. The number of amides is 3. The zero-order valence-electron chi connectivity index (χ0n) is 25.6. The van der Waals surface area contributed by atoms with Crippen molar-refractivity contribution in [2.75, 3.05) is 31.1 Å². The molecular formula is C33H46ClN3O4S. The Labute approximate surface area is 260 Å². The first-order valence-electron chi connectivity index (χ1n) is 15.1. The third-order valence-electron chi connectivity index (χ3n) is 9.25. The summed E-state index contributed by atoms with van der Waals surface area (Å²) in [7, 11) is 0. The van der Waals surface area contributed by atoms with Crippen LogP contribution in [0.15, 0.2) is 43.5 Å². The van der Waals surface area contributed by atoms with Gasteiger partial charge in [-0.3, -0.25) is 14.4 Å². The average molecular weight is 616 g/mol. The highest BCUT2D eigenvalue weighted by Gasteiger charge is 2.78. The van der Waals surface area contributed by atoms with Crippen LogP contribution in [0.25, 0.3) is 0 Å². The molecule has 4 rings (SSSR count). The second-order valence-corrected chi connectivity index (χ2v) is 15.0. The average Bonchev–Trinajstić information content (AvgIpc) is 3.50. The van der Waals surface area contributed by atoms with Gasteiger partial charge in [-0.2, -0.15) is 0 Å². The number of thioether (sulfide) groups is 1. The lowest BCUT2D eigenvalue weighted by Crippen LogP contribution is -2.58. The van der Waals surface area contributed by atoms with Gasteiger partial charge in [-0.05, 0) is 57.1 Å². The molecule has 3 saturated heterocycles. The number of nitrogens with zero attached hydrogens (tertiary/aromatic N) is 3. The number of rotatable bonds is 13. The van der Waals surface area contributed by atoms with E-state index in [1.165, 1.54) is 0 Å². The molecule has 0 radical (unpaired) electrons. The molecule has 1 N–H and O–H groups in total. The minimum absolute atomic E-state index is 0.0472. The van der Waals surface area contributed by atoms with Gasteiger partial charge in [0.15, 0.2) is 0 Å². The normalized spacial score (nSPS) is 28.6. The Bertz CT molecular complexity index is 1220. The number of aliphatic hydroxyl groups is 1. The molecule has 0 aliphatic carbocycles. The third kappa shape index (κ3) is 5.32. The van der Waals surface area contributed by atoms with Gasteiger partial charge in [-0.25, -0.2) is 0 Å². The SMILES string of the molecule is C=CCN(CCC)C(=O)[C@@H]1[C@H]2C(=O)N([C@@H](CO)CC(C)C)C(C(=O)N(CC=C)c3c(C)cccc3Cl)C23CC[C@@]1(C)S3. The Morgan fingerprint density at radius 1 is 1.21 bits per heavy atom. The highest BCUT2D eigenvalue weighted by Crippen LogP contribution is 2.72. The number of hydrogen-bond donors (Lipinski definition) is 1. The van der Waals surface area contributed by atoms with Crippen LogP contribution in [0.1, 0.15) is 58.9 Å². The van der Waals surface area contributed by atoms with E-state index in [0.717, 1.165) is 18.4 Å². The standard InChI is InChI=1S/C33H46ClN3O4S/c1-8-16-35(17-9-2)29(39)25-26-30(40)37(23(20-38)19-21(4)5)28(33(26)15-14-32(25,7)42-33)31(41)36(18-10-3)27-22(6)12-11-13-24(27)34/h8,10-13,21,23,25-26,28,38H,1,3,9,14-20H2,2,4-7H3/t23-,25+,26+,28?,32-,33?/m1/s1. The van der Waals surface area contributed by atoms with Crippen LogP contribution >= 0.6 is 23.4 Å². The Kier molecular flexibility index (Phi) is 9.90. The van der Waals surface area contributed by atoms with E-state index in [1.807, 2.05) is 39.8 Å². The maximum atomic E-state index is 15.0. The Hall–Kier alpha value is -2.29. The summed E-state index contributed by atoms with van der Waals surface area (Å²) < 4.78 is -1.28. The van der Waals surface area contributed by atoms with Gasteiger partial charge in [-0.15, -0.1) is 24.9 Å². The number of carbonyl (C=O) groups is 3. The first kappa shape index (κ1) is 32.6. The lowest BCUT2D eigenvalue weighted by atomic mass is 9.66. The van der Waals surface area contributed by atoms with Gasteiger partial charge in [0, 0.05) is 24.4 Å². The van der Waals surface area contributed by atoms with Crippen LogP contribution in [0.3, 0.4) is 0 Å². The van der Waals surface area contributed by atoms with Crippen LogP contribution in [0, 0.1) is 24.7 Å². The largest absolute Gasteiger partial charge is 0.394 e. The highest BCUT2D eigenvalue weighted by molar-refractivity contribution is 8.02. The Morgan fingerprint density at radius 3 is 2.48 bits per heavy atom. The smallest absolute Gasteiger partial charge is 0.251 e. The van der Waals surface area contributed by atoms with Crippen LogP contribution in [0.4, 0.5) is 5.69 Å². The molecule has 3 fully saturated rings. The van der Waals surface area contributed by atoms with Gasteiger partial charge in [0.2, 0.25) is 11.8 Å². The Morgan fingerprint density at radius 2 is 1.90 bits per heavy atom. The summed E-state index contributed by atoms with van der Waals surface area (Å²) in [5, 5.41) is 11.1. The molecule has 7 nitrogen and oxygen atoms in total. The quantitative estimate of drug-likeness (QED) is 0.297. The van der Waals surface area contributed by atoms with Crippen molar-refractivity contribution in [1.82, 2.24) is 9.80 Å². The van der Waals surface area contributed by atoms with Crippen LogP contribution in [0.5, 0.6) is 0 Å². The van der Waals surface area contributed by atoms with E-state index in [1.54, 1.807) is 44.7 Å². The van der Waals surface area contributed by atoms with Crippen molar-refractivity contribution in [3.05, 3.63) is 54.1 Å². The van der Waals surface area contributed by atoms with E-state index in [2.05, 4.69) is 20.1 Å². The highest BCUT2D eigenvalue weighted by atomic mass is 35.5. The fourth-order valence-corrected chi connectivity index (χ4v) is 10.3. The minimum Gasteiger partial charge on any atom is -0.394 e. The summed E-state index contributed by atoms with van der Waals surface area (Å²) in [5.41, 5.74) is 1.43. The van der Waals surface area contributed by atoms with Crippen molar-refractivity contribution in [2.45, 2.75) is 81.9 Å². The molecule has 1 aromatic carbocycles. The maximum Gasteiger partial charge on any atom is 0.251 e. The number of halogens is 1. The van der Waals surface area contributed by atoms with Crippen molar-refractivity contribution in [1.29, 1.82) is 0 Å². The van der Waals surface area contributed by atoms with E-state index >= 15 is 0 Å². The van der Waals surface area contributed by atoms with Crippen molar-refractivity contribution in [3.8, 4) is 0 Å². The zero-order valence-corrected chi connectivity index (χ0v) is 27.2. The molecule has 9 heteroatoms. The van der Waals surface area contributed by atoms with E-state index in [9.17, 15) is 19.5 Å². The molecule has 6 atom stereocenters. The number of benzene rings is 1. The van der Waals surface area contributed by atoms with Crippen LogP contribution in [0.2, 0.25) is 5.02 Å². The summed E-state index contributed by atoms with van der Waals surface area (Å²) in [5.74, 6) is -1.54. The van der Waals surface area contributed by atoms with Crippen molar-refractivity contribution >= 4 is 46.8 Å². The summed E-state index contributed by atoms with van der Waals surface area (Å²) in [4.78, 5) is 49.1. The van der Waals surface area contributed by atoms with Gasteiger partial charge in [0.25, 0.3) is 5.91 Å². The molecule has 2 bridgehead atoms. The number of likely N-dealkylation sites (tertiary alicyclic amines) is 1. The van der Waals surface area contributed by atoms with Gasteiger partial charge < -0.3 is 19.8 Å². The number of anilines is 1. The van der Waals surface area contributed by atoms with Crippen LogP contribution in [-0.2, 0) is 14.4 Å².